The van der Waals surface area contributed by atoms with Gasteiger partial charge in [0.1, 0.15) is 0 Å². The van der Waals surface area contributed by atoms with Crippen molar-refractivity contribution in [3.8, 4) is 5.69 Å². The number of aryl methyl sites for hydroxylation is 1. The lowest BCUT2D eigenvalue weighted by molar-refractivity contribution is 0.788. The number of likely N-dealkylation sites (N-methyl/N-ethyl adjacent to an activating group) is 1. The Balaban J connectivity index is 2.36. The van der Waals surface area contributed by atoms with Crippen LogP contribution in [0, 0.1) is 13.8 Å². The summed E-state index contributed by atoms with van der Waals surface area (Å²) in [5.41, 5.74) is 4.44. The molecule has 96 valence electrons. The van der Waals surface area contributed by atoms with Gasteiger partial charge in [0.25, 0.3) is 0 Å². The fraction of sp³-hybridized carbons (Fsp3) is 0.357. The van der Waals surface area contributed by atoms with Gasteiger partial charge in [-0.3, -0.25) is 0 Å². The van der Waals surface area contributed by atoms with Crippen molar-refractivity contribution in [3.05, 3.63) is 46.2 Å². The molecule has 1 aromatic heterocycles. The second-order valence-corrected chi connectivity index (χ2v) is 4.83. The van der Waals surface area contributed by atoms with Crippen molar-refractivity contribution in [2.75, 3.05) is 13.6 Å². The summed E-state index contributed by atoms with van der Waals surface area (Å²) in [5, 5.41) is 8.50. The highest BCUT2D eigenvalue weighted by atomic mass is 35.5. The molecule has 0 bridgehead atoms. The smallest absolute Gasteiger partial charge is 0.0689 e. The maximum Gasteiger partial charge on any atom is 0.0689 e. The third-order valence-corrected chi connectivity index (χ3v) is 3.54. The normalized spacial score (nSPS) is 10.9. The fourth-order valence-electron chi connectivity index (χ4n) is 1.97. The fourth-order valence-corrected chi connectivity index (χ4v) is 2.14. The SMILES string of the molecule is CNCCc1cn(-c2cccc(Cl)c2C)nc1C. The first kappa shape index (κ1) is 13.1. The Hall–Kier alpha value is -1.32. The molecular formula is C14H18ClN3. The molecular weight excluding hydrogens is 246 g/mol. The van der Waals surface area contributed by atoms with Gasteiger partial charge in [-0.2, -0.15) is 5.10 Å². The highest BCUT2D eigenvalue weighted by Gasteiger charge is 2.09. The van der Waals surface area contributed by atoms with Crippen LogP contribution in [0.15, 0.2) is 24.4 Å². The maximum absolute atomic E-state index is 6.14. The third-order valence-electron chi connectivity index (χ3n) is 3.13. The first-order chi connectivity index (χ1) is 8.63. The number of aromatic nitrogens is 2. The lowest BCUT2D eigenvalue weighted by Gasteiger charge is -2.06. The number of nitrogens with one attached hydrogen (secondary N) is 1. The predicted molar refractivity (Wildman–Crippen MR) is 75.7 cm³/mol. The van der Waals surface area contributed by atoms with Crippen LogP contribution in [-0.2, 0) is 6.42 Å². The van der Waals surface area contributed by atoms with Crippen LogP contribution >= 0.6 is 11.6 Å². The second-order valence-electron chi connectivity index (χ2n) is 4.42. The zero-order chi connectivity index (χ0) is 13.1. The number of hydrogen-bond donors (Lipinski definition) is 1. The van der Waals surface area contributed by atoms with Gasteiger partial charge in [0, 0.05) is 11.2 Å². The molecule has 0 saturated carbocycles. The van der Waals surface area contributed by atoms with Gasteiger partial charge < -0.3 is 5.32 Å². The maximum atomic E-state index is 6.14. The Labute approximate surface area is 113 Å². The standard InChI is InChI=1S/C14H18ClN3/c1-10-13(15)5-4-6-14(10)18-9-12(7-8-16-3)11(2)17-18/h4-6,9,16H,7-8H2,1-3H3. The molecule has 0 spiro atoms. The van der Waals surface area contributed by atoms with E-state index in [4.69, 9.17) is 11.6 Å². The van der Waals surface area contributed by atoms with Crippen LogP contribution in [0.25, 0.3) is 5.69 Å². The van der Waals surface area contributed by atoms with Crippen molar-refractivity contribution in [2.45, 2.75) is 20.3 Å². The van der Waals surface area contributed by atoms with Crippen molar-refractivity contribution in [1.82, 2.24) is 15.1 Å². The van der Waals surface area contributed by atoms with E-state index in [1.54, 1.807) is 0 Å². The highest BCUT2D eigenvalue weighted by Crippen LogP contribution is 2.22. The molecule has 1 aromatic carbocycles. The summed E-state index contributed by atoms with van der Waals surface area (Å²) in [7, 11) is 1.96. The minimum absolute atomic E-state index is 0.775. The molecule has 18 heavy (non-hydrogen) atoms. The molecule has 4 heteroatoms. The number of halogens is 1. The summed E-state index contributed by atoms with van der Waals surface area (Å²) in [6.45, 7) is 5.02. The van der Waals surface area contributed by atoms with E-state index in [1.807, 2.05) is 43.8 Å². The van der Waals surface area contributed by atoms with E-state index in [2.05, 4.69) is 16.6 Å². The van der Waals surface area contributed by atoms with Gasteiger partial charge in [-0.25, -0.2) is 4.68 Å². The summed E-state index contributed by atoms with van der Waals surface area (Å²) < 4.78 is 1.92. The zero-order valence-electron chi connectivity index (χ0n) is 11.0. The third kappa shape index (κ3) is 2.57. The van der Waals surface area contributed by atoms with Gasteiger partial charge in [0.05, 0.1) is 11.4 Å². The summed E-state index contributed by atoms with van der Waals surface area (Å²) in [4.78, 5) is 0. The highest BCUT2D eigenvalue weighted by molar-refractivity contribution is 6.31. The largest absolute Gasteiger partial charge is 0.319 e. The van der Waals surface area contributed by atoms with Gasteiger partial charge >= 0.3 is 0 Å². The van der Waals surface area contributed by atoms with Gasteiger partial charge in [0.15, 0.2) is 0 Å². The molecule has 0 fully saturated rings. The number of rotatable bonds is 4. The average molecular weight is 264 g/mol. The molecule has 0 atom stereocenters. The van der Waals surface area contributed by atoms with Crippen molar-refractivity contribution >= 4 is 11.6 Å². The predicted octanol–water partition coefficient (Wildman–Crippen LogP) is 2.90. The molecule has 0 unspecified atom stereocenters. The van der Waals surface area contributed by atoms with E-state index >= 15 is 0 Å². The van der Waals surface area contributed by atoms with Crippen molar-refractivity contribution in [3.63, 3.8) is 0 Å². The van der Waals surface area contributed by atoms with E-state index in [0.717, 1.165) is 34.9 Å². The number of nitrogens with zero attached hydrogens (tertiary/aromatic N) is 2. The van der Waals surface area contributed by atoms with Crippen LogP contribution in [0.1, 0.15) is 16.8 Å². The summed E-state index contributed by atoms with van der Waals surface area (Å²) in [6, 6.07) is 5.89. The number of benzene rings is 1. The summed E-state index contributed by atoms with van der Waals surface area (Å²) in [6.07, 6.45) is 3.08. The van der Waals surface area contributed by atoms with E-state index < -0.39 is 0 Å². The number of hydrogen-bond acceptors (Lipinski definition) is 2. The molecule has 2 rings (SSSR count). The van der Waals surface area contributed by atoms with E-state index in [0.29, 0.717) is 0 Å². The Morgan fingerprint density at radius 1 is 1.33 bits per heavy atom. The van der Waals surface area contributed by atoms with Gasteiger partial charge in [-0.15, -0.1) is 0 Å². The van der Waals surface area contributed by atoms with Gasteiger partial charge in [0.2, 0.25) is 0 Å². The van der Waals surface area contributed by atoms with E-state index in [-0.39, 0.29) is 0 Å². The molecule has 3 nitrogen and oxygen atoms in total. The summed E-state index contributed by atoms with van der Waals surface area (Å²) >= 11 is 6.14. The van der Waals surface area contributed by atoms with Crippen molar-refractivity contribution < 1.29 is 0 Å². The molecule has 1 heterocycles. The Morgan fingerprint density at radius 3 is 2.83 bits per heavy atom. The van der Waals surface area contributed by atoms with Crippen molar-refractivity contribution in [1.29, 1.82) is 0 Å². The molecule has 0 amide bonds. The minimum atomic E-state index is 0.775. The van der Waals surface area contributed by atoms with Crippen LogP contribution in [0.5, 0.6) is 0 Å². The molecule has 0 radical (unpaired) electrons. The Kier molecular flexibility index (Phi) is 4.04. The van der Waals surface area contributed by atoms with E-state index in [1.165, 1.54) is 5.56 Å². The van der Waals surface area contributed by atoms with Crippen LogP contribution in [0.2, 0.25) is 5.02 Å². The lowest BCUT2D eigenvalue weighted by Crippen LogP contribution is -2.10. The Bertz CT molecular complexity index is 546. The van der Waals surface area contributed by atoms with Crippen LogP contribution < -0.4 is 5.32 Å². The topological polar surface area (TPSA) is 29.9 Å². The Morgan fingerprint density at radius 2 is 2.11 bits per heavy atom. The molecule has 0 aliphatic heterocycles. The molecule has 0 aliphatic carbocycles. The van der Waals surface area contributed by atoms with Crippen LogP contribution in [0.3, 0.4) is 0 Å². The lowest BCUT2D eigenvalue weighted by atomic mass is 10.2. The molecule has 0 saturated heterocycles. The van der Waals surface area contributed by atoms with Crippen molar-refractivity contribution in [2.24, 2.45) is 0 Å². The molecule has 1 N–H and O–H groups in total. The second kappa shape index (κ2) is 5.55. The van der Waals surface area contributed by atoms with Gasteiger partial charge in [-0.05, 0) is 57.1 Å². The zero-order valence-corrected chi connectivity index (χ0v) is 11.8. The van der Waals surface area contributed by atoms with Crippen LogP contribution in [0.4, 0.5) is 0 Å². The minimum Gasteiger partial charge on any atom is -0.319 e. The molecule has 2 aromatic rings. The monoisotopic (exact) mass is 263 g/mol. The molecule has 0 aliphatic rings. The first-order valence-corrected chi connectivity index (χ1v) is 6.46. The van der Waals surface area contributed by atoms with Gasteiger partial charge in [-0.1, -0.05) is 17.7 Å². The first-order valence-electron chi connectivity index (χ1n) is 6.08. The quantitative estimate of drug-likeness (QED) is 0.919. The van der Waals surface area contributed by atoms with E-state index in [9.17, 15) is 0 Å². The average Bonchev–Trinajstić information content (AvgIpc) is 2.71. The summed E-state index contributed by atoms with van der Waals surface area (Å²) in [5.74, 6) is 0. The van der Waals surface area contributed by atoms with Crippen LogP contribution in [-0.4, -0.2) is 23.4 Å².